The van der Waals surface area contributed by atoms with Gasteiger partial charge in [-0.1, -0.05) is 11.6 Å². The summed E-state index contributed by atoms with van der Waals surface area (Å²) in [4.78, 5) is 10.2. The molecule has 0 aromatic heterocycles. The highest BCUT2D eigenvalue weighted by Crippen LogP contribution is 2.27. The number of hydrogen-bond acceptors (Lipinski definition) is 4. The average Bonchev–Trinajstić information content (AvgIpc) is 2.14. The van der Waals surface area contributed by atoms with Crippen molar-refractivity contribution in [1.29, 1.82) is 0 Å². The third-order valence-corrected chi connectivity index (χ3v) is 2.10. The molecular formula is C10H13ClN2O3. The van der Waals surface area contributed by atoms with E-state index >= 15 is 0 Å². The van der Waals surface area contributed by atoms with E-state index in [1.165, 1.54) is 12.1 Å². The Morgan fingerprint density at radius 1 is 1.56 bits per heavy atom. The molecule has 0 aliphatic heterocycles. The number of rotatable bonds is 4. The van der Waals surface area contributed by atoms with Crippen LogP contribution in [0, 0.1) is 10.1 Å². The predicted octanol–water partition coefficient (Wildman–Crippen LogP) is 2.43. The first kappa shape index (κ1) is 12.7. The molecule has 2 N–H and O–H groups in total. The van der Waals surface area contributed by atoms with Gasteiger partial charge in [-0.25, -0.2) is 0 Å². The van der Waals surface area contributed by atoms with Gasteiger partial charge in [0.2, 0.25) is 0 Å². The van der Waals surface area contributed by atoms with Crippen LogP contribution in [0.1, 0.15) is 13.8 Å². The number of nitrogens with one attached hydrogen (secondary N) is 1. The summed E-state index contributed by atoms with van der Waals surface area (Å²) in [7, 11) is 0. The number of halogens is 1. The normalized spacial score (nSPS) is 11.2. The lowest BCUT2D eigenvalue weighted by Gasteiger charge is -2.18. The zero-order valence-corrected chi connectivity index (χ0v) is 9.78. The summed E-state index contributed by atoms with van der Waals surface area (Å²) in [6.45, 7) is 3.44. The number of nitro benzene ring substituents is 1. The molecule has 0 fully saturated rings. The average molecular weight is 245 g/mol. The Kier molecular flexibility index (Phi) is 3.72. The minimum Gasteiger partial charge on any atom is -0.389 e. The molecule has 1 aromatic rings. The van der Waals surface area contributed by atoms with Crippen LogP contribution in [0.3, 0.4) is 0 Å². The van der Waals surface area contributed by atoms with Crippen molar-refractivity contribution in [3.05, 3.63) is 33.3 Å². The van der Waals surface area contributed by atoms with Gasteiger partial charge in [0, 0.05) is 17.6 Å². The first-order valence-electron chi connectivity index (χ1n) is 4.70. The molecule has 0 radical (unpaired) electrons. The van der Waals surface area contributed by atoms with Gasteiger partial charge in [-0.15, -0.1) is 0 Å². The molecule has 0 aliphatic carbocycles. The number of hydrogen-bond donors (Lipinski definition) is 2. The van der Waals surface area contributed by atoms with Crippen molar-refractivity contribution in [3.8, 4) is 0 Å². The van der Waals surface area contributed by atoms with Crippen molar-refractivity contribution in [2.45, 2.75) is 19.4 Å². The van der Waals surface area contributed by atoms with Gasteiger partial charge in [0.1, 0.15) is 5.69 Å². The standard InChI is InChI=1S/C10H13ClN2O3/c1-10(2,14)6-12-8-4-3-7(11)5-9(8)13(15)16/h3-5,12,14H,6H2,1-2H3. The van der Waals surface area contributed by atoms with E-state index in [1.54, 1.807) is 19.9 Å². The monoisotopic (exact) mass is 244 g/mol. The van der Waals surface area contributed by atoms with Gasteiger partial charge in [0.05, 0.1) is 10.5 Å². The van der Waals surface area contributed by atoms with E-state index in [2.05, 4.69) is 5.32 Å². The number of anilines is 1. The van der Waals surface area contributed by atoms with Crippen molar-refractivity contribution >= 4 is 23.0 Å². The molecule has 0 saturated heterocycles. The summed E-state index contributed by atoms with van der Waals surface area (Å²) < 4.78 is 0. The fourth-order valence-electron chi connectivity index (χ4n) is 1.12. The SMILES string of the molecule is CC(C)(O)CNc1ccc(Cl)cc1[N+](=O)[O-]. The Hall–Kier alpha value is -1.33. The predicted molar refractivity (Wildman–Crippen MR) is 62.9 cm³/mol. The largest absolute Gasteiger partial charge is 0.389 e. The van der Waals surface area contributed by atoms with Gasteiger partial charge in [-0.2, -0.15) is 0 Å². The molecule has 0 spiro atoms. The molecule has 0 atom stereocenters. The van der Waals surface area contributed by atoms with Crippen LogP contribution in [0.4, 0.5) is 11.4 Å². The van der Waals surface area contributed by atoms with E-state index in [1.807, 2.05) is 0 Å². The number of aliphatic hydroxyl groups is 1. The summed E-state index contributed by atoms with van der Waals surface area (Å²) in [5.41, 5.74) is -0.693. The molecule has 0 aliphatic rings. The second-order valence-electron chi connectivity index (χ2n) is 4.08. The molecule has 0 unspecified atom stereocenters. The zero-order chi connectivity index (χ0) is 12.3. The van der Waals surface area contributed by atoms with Crippen molar-refractivity contribution in [1.82, 2.24) is 0 Å². The molecule has 0 amide bonds. The van der Waals surface area contributed by atoms with Gasteiger partial charge >= 0.3 is 0 Å². The highest BCUT2D eigenvalue weighted by Gasteiger charge is 2.17. The number of nitrogens with zero attached hydrogens (tertiary/aromatic N) is 1. The summed E-state index contributed by atoms with van der Waals surface area (Å²) in [6.07, 6.45) is 0. The second kappa shape index (κ2) is 4.67. The summed E-state index contributed by atoms with van der Waals surface area (Å²) in [5, 5.41) is 23.4. The molecule has 6 heteroatoms. The molecule has 0 saturated carbocycles. The van der Waals surface area contributed by atoms with Crippen molar-refractivity contribution in [2.24, 2.45) is 0 Å². The lowest BCUT2D eigenvalue weighted by molar-refractivity contribution is -0.383. The van der Waals surface area contributed by atoms with E-state index in [0.29, 0.717) is 10.7 Å². The molecular weight excluding hydrogens is 232 g/mol. The Morgan fingerprint density at radius 2 is 2.19 bits per heavy atom. The van der Waals surface area contributed by atoms with Crippen molar-refractivity contribution in [2.75, 3.05) is 11.9 Å². The Balaban J connectivity index is 2.91. The maximum Gasteiger partial charge on any atom is 0.293 e. The molecule has 0 heterocycles. The minimum atomic E-state index is -0.937. The first-order valence-corrected chi connectivity index (χ1v) is 5.07. The summed E-state index contributed by atoms with van der Waals surface area (Å²) in [5.74, 6) is 0. The topological polar surface area (TPSA) is 75.4 Å². The van der Waals surface area contributed by atoms with Crippen LogP contribution in [-0.2, 0) is 0 Å². The smallest absolute Gasteiger partial charge is 0.293 e. The molecule has 0 bridgehead atoms. The summed E-state index contributed by atoms with van der Waals surface area (Å²) in [6, 6.07) is 4.35. The molecule has 16 heavy (non-hydrogen) atoms. The van der Waals surface area contributed by atoms with E-state index in [-0.39, 0.29) is 12.2 Å². The fraction of sp³-hybridized carbons (Fsp3) is 0.400. The maximum atomic E-state index is 10.7. The Labute approximate surface area is 98.2 Å². The molecule has 1 rings (SSSR count). The zero-order valence-electron chi connectivity index (χ0n) is 9.03. The van der Waals surface area contributed by atoms with Crippen LogP contribution < -0.4 is 5.32 Å². The maximum absolute atomic E-state index is 10.7. The second-order valence-corrected chi connectivity index (χ2v) is 4.52. The lowest BCUT2D eigenvalue weighted by Crippen LogP contribution is -2.29. The van der Waals surface area contributed by atoms with Crippen molar-refractivity contribution < 1.29 is 10.0 Å². The highest BCUT2D eigenvalue weighted by atomic mass is 35.5. The van der Waals surface area contributed by atoms with Gasteiger partial charge in [0.25, 0.3) is 5.69 Å². The van der Waals surface area contributed by atoms with Gasteiger partial charge in [-0.3, -0.25) is 10.1 Å². The van der Waals surface area contributed by atoms with Crippen molar-refractivity contribution in [3.63, 3.8) is 0 Å². The minimum absolute atomic E-state index is 0.100. The van der Waals surface area contributed by atoms with E-state index in [4.69, 9.17) is 11.6 Å². The van der Waals surface area contributed by atoms with Gasteiger partial charge in [-0.05, 0) is 26.0 Å². The number of benzene rings is 1. The Bertz CT molecular complexity index is 402. The van der Waals surface area contributed by atoms with Crippen LogP contribution >= 0.6 is 11.6 Å². The van der Waals surface area contributed by atoms with E-state index in [0.717, 1.165) is 0 Å². The number of nitro groups is 1. The third kappa shape index (κ3) is 3.67. The van der Waals surface area contributed by atoms with E-state index < -0.39 is 10.5 Å². The lowest BCUT2D eigenvalue weighted by atomic mass is 10.1. The van der Waals surface area contributed by atoms with Crippen LogP contribution in [0.5, 0.6) is 0 Å². The van der Waals surface area contributed by atoms with Crippen LogP contribution in [-0.4, -0.2) is 22.2 Å². The van der Waals surface area contributed by atoms with Crippen LogP contribution in [0.2, 0.25) is 5.02 Å². The fourth-order valence-corrected chi connectivity index (χ4v) is 1.28. The highest BCUT2D eigenvalue weighted by molar-refractivity contribution is 6.30. The van der Waals surface area contributed by atoms with Crippen LogP contribution in [0.15, 0.2) is 18.2 Å². The van der Waals surface area contributed by atoms with Crippen LogP contribution in [0.25, 0.3) is 0 Å². The third-order valence-electron chi connectivity index (χ3n) is 1.87. The first-order chi connectivity index (χ1) is 7.29. The molecule has 88 valence electrons. The van der Waals surface area contributed by atoms with Gasteiger partial charge in [0.15, 0.2) is 0 Å². The van der Waals surface area contributed by atoms with Gasteiger partial charge < -0.3 is 10.4 Å². The quantitative estimate of drug-likeness (QED) is 0.630. The molecule has 5 nitrogen and oxygen atoms in total. The molecule has 1 aromatic carbocycles. The van der Waals surface area contributed by atoms with E-state index in [9.17, 15) is 15.2 Å². The summed E-state index contributed by atoms with van der Waals surface area (Å²) >= 11 is 5.67. The Morgan fingerprint density at radius 3 is 2.69 bits per heavy atom.